The smallest absolute Gasteiger partial charge is 0.399 e. The normalized spacial score (nSPS) is 20.7. The summed E-state index contributed by atoms with van der Waals surface area (Å²) < 4.78 is 12.2. The number of hydrogen-bond donors (Lipinski definition) is 0. The zero-order valence-electron chi connectivity index (χ0n) is 12.9. The van der Waals surface area contributed by atoms with E-state index in [-0.39, 0.29) is 18.3 Å². The van der Waals surface area contributed by atoms with Gasteiger partial charge in [-0.25, -0.2) is 4.98 Å². The maximum atomic E-state index is 6.11. The van der Waals surface area contributed by atoms with E-state index in [0.29, 0.717) is 0 Å². The third kappa shape index (κ3) is 2.49. The molecule has 0 radical (unpaired) electrons. The summed E-state index contributed by atoms with van der Waals surface area (Å²) in [5.74, 6) is 0.893. The molecule has 1 aliphatic heterocycles. The fourth-order valence-corrected chi connectivity index (χ4v) is 2.10. The lowest BCUT2D eigenvalue weighted by Gasteiger charge is -2.32. The number of hydrogen-bond acceptors (Lipinski definition) is 4. The SMILES string of the molecule is Cc1cnc(N(C)C)c(B2OC(C)(C)C(C)(C)O2)c1. The van der Waals surface area contributed by atoms with Crippen molar-refractivity contribution >= 4 is 18.4 Å². The van der Waals surface area contributed by atoms with Gasteiger partial charge in [-0.2, -0.15) is 0 Å². The van der Waals surface area contributed by atoms with Gasteiger partial charge in [0.05, 0.1) is 11.2 Å². The largest absolute Gasteiger partial charge is 0.498 e. The van der Waals surface area contributed by atoms with Crippen molar-refractivity contribution in [3.8, 4) is 0 Å². The molecule has 0 amide bonds. The lowest BCUT2D eigenvalue weighted by Crippen LogP contribution is -2.41. The van der Waals surface area contributed by atoms with Crippen molar-refractivity contribution in [3.05, 3.63) is 17.8 Å². The average Bonchev–Trinajstić information content (AvgIpc) is 2.47. The monoisotopic (exact) mass is 262 g/mol. The lowest BCUT2D eigenvalue weighted by molar-refractivity contribution is 0.00578. The molecule has 1 saturated heterocycles. The Morgan fingerprint density at radius 2 is 1.63 bits per heavy atom. The number of anilines is 1. The molecule has 1 aromatic heterocycles. The van der Waals surface area contributed by atoms with Crippen molar-refractivity contribution in [2.24, 2.45) is 0 Å². The summed E-state index contributed by atoms with van der Waals surface area (Å²) in [5.41, 5.74) is 1.44. The van der Waals surface area contributed by atoms with Crippen LogP contribution in [0.4, 0.5) is 5.82 Å². The van der Waals surface area contributed by atoms with E-state index in [1.807, 2.05) is 32.1 Å². The predicted molar refractivity (Wildman–Crippen MR) is 79.0 cm³/mol. The first kappa shape index (κ1) is 14.3. The molecule has 1 aromatic rings. The molecule has 0 unspecified atom stereocenters. The lowest BCUT2D eigenvalue weighted by atomic mass is 9.78. The molecule has 2 heterocycles. The number of pyridine rings is 1. The highest BCUT2D eigenvalue weighted by atomic mass is 16.7. The second-order valence-corrected chi connectivity index (χ2v) is 6.41. The molecular weight excluding hydrogens is 239 g/mol. The van der Waals surface area contributed by atoms with E-state index in [4.69, 9.17) is 9.31 Å². The summed E-state index contributed by atoms with van der Waals surface area (Å²) in [6.07, 6.45) is 1.87. The average molecular weight is 262 g/mol. The van der Waals surface area contributed by atoms with Gasteiger partial charge in [0.25, 0.3) is 0 Å². The molecule has 0 N–H and O–H groups in total. The van der Waals surface area contributed by atoms with Gasteiger partial charge in [0.15, 0.2) is 0 Å². The Hall–Kier alpha value is -1.07. The first-order valence-corrected chi connectivity index (χ1v) is 6.63. The van der Waals surface area contributed by atoms with Crippen LogP contribution in [0, 0.1) is 6.92 Å². The van der Waals surface area contributed by atoms with Gasteiger partial charge in [-0.15, -0.1) is 0 Å². The molecule has 0 saturated carbocycles. The van der Waals surface area contributed by atoms with Crippen LogP contribution >= 0.6 is 0 Å². The molecule has 4 nitrogen and oxygen atoms in total. The fourth-order valence-electron chi connectivity index (χ4n) is 2.10. The highest BCUT2D eigenvalue weighted by Crippen LogP contribution is 2.37. The summed E-state index contributed by atoms with van der Waals surface area (Å²) in [5, 5.41) is 0. The third-order valence-electron chi connectivity index (χ3n) is 3.96. The second kappa shape index (κ2) is 4.49. The van der Waals surface area contributed by atoms with Crippen LogP contribution in [0.3, 0.4) is 0 Å². The zero-order valence-corrected chi connectivity index (χ0v) is 12.9. The minimum Gasteiger partial charge on any atom is -0.399 e. The summed E-state index contributed by atoms with van der Waals surface area (Å²) in [4.78, 5) is 6.47. The van der Waals surface area contributed by atoms with E-state index in [9.17, 15) is 0 Å². The molecule has 19 heavy (non-hydrogen) atoms. The van der Waals surface area contributed by atoms with E-state index >= 15 is 0 Å². The van der Waals surface area contributed by atoms with Crippen molar-refractivity contribution < 1.29 is 9.31 Å². The molecule has 0 bridgehead atoms. The molecule has 1 fully saturated rings. The van der Waals surface area contributed by atoms with Crippen LogP contribution in [0.25, 0.3) is 0 Å². The Balaban J connectivity index is 2.41. The number of aromatic nitrogens is 1. The summed E-state index contributed by atoms with van der Waals surface area (Å²) in [6.45, 7) is 10.3. The molecule has 0 aromatic carbocycles. The number of nitrogens with zero attached hydrogens (tertiary/aromatic N) is 2. The summed E-state index contributed by atoms with van der Waals surface area (Å²) >= 11 is 0. The minimum absolute atomic E-state index is 0.328. The molecule has 0 spiro atoms. The minimum atomic E-state index is -0.366. The van der Waals surface area contributed by atoms with Crippen LogP contribution in [-0.2, 0) is 9.31 Å². The highest BCUT2D eigenvalue weighted by molar-refractivity contribution is 6.63. The van der Waals surface area contributed by atoms with E-state index in [1.165, 1.54) is 0 Å². The van der Waals surface area contributed by atoms with Gasteiger partial charge in [-0.3, -0.25) is 0 Å². The van der Waals surface area contributed by atoms with Crippen molar-refractivity contribution in [2.45, 2.75) is 45.8 Å². The molecule has 2 rings (SSSR count). The van der Waals surface area contributed by atoms with E-state index in [2.05, 4.69) is 38.7 Å². The van der Waals surface area contributed by atoms with Gasteiger partial charge in [0, 0.05) is 25.8 Å². The first-order chi connectivity index (χ1) is 8.64. The fraction of sp³-hybridized carbons (Fsp3) is 0.643. The van der Waals surface area contributed by atoms with Crippen LogP contribution in [0.1, 0.15) is 33.3 Å². The zero-order chi connectivity index (χ0) is 14.4. The van der Waals surface area contributed by atoms with Crippen LogP contribution in [0.5, 0.6) is 0 Å². The number of aryl methyl sites for hydroxylation is 1. The van der Waals surface area contributed by atoms with Gasteiger partial charge >= 0.3 is 7.12 Å². The molecule has 104 valence electrons. The molecule has 1 aliphatic rings. The van der Waals surface area contributed by atoms with Crippen LogP contribution in [0.15, 0.2) is 12.3 Å². The second-order valence-electron chi connectivity index (χ2n) is 6.41. The molecule has 0 aliphatic carbocycles. The molecule has 5 heteroatoms. The Kier molecular flexibility index (Phi) is 3.39. The Labute approximate surface area is 116 Å². The maximum absolute atomic E-state index is 6.11. The Bertz CT molecular complexity index is 470. The Morgan fingerprint density at radius 1 is 1.11 bits per heavy atom. The van der Waals surface area contributed by atoms with E-state index in [1.54, 1.807) is 0 Å². The maximum Gasteiger partial charge on any atom is 0.498 e. The number of rotatable bonds is 2. The van der Waals surface area contributed by atoms with Crippen LogP contribution in [-0.4, -0.2) is 37.4 Å². The van der Waals surface area contributed by atoms with Crippen LogP contribution in [0.2, 0.25) is 0 Å². The van der Waals surface area contributed by atoms with Gasteiger partial charge in [0.2, 0.25) is 0 Å². The quantitative estimate of drug-likeness (QED) is 0.760. The third-order valence-corrected chi connectivity index (χ3v) is 3.96. The standard InChI is InChI=1S/C14H23BN2O2/c1-10-8-11(12(16-9-10)17(6)7)15-18-13(2,3)14(4,5)19-15/h8-9H,1-7H3. The van der Waals surface area contributed by atoms with Crippen molar-refractivity contribution in [1.82, 2.24) is 4.98 Å². The van der Waals surface area contributed by atoms with Gasteiger partial charge in [-0.1, -0.05) is 6.07 Å². The van der Waals surface area contributed by atoms with Gasteiger partial charge < -0.3 is 14.2 Å². The molecular formula is C14H23BN2O2. The van der Waals surface area contributed by atoms with Gasteiger partial charge in [-0.05, 0) is 40.2 Å². The predicted octanol–water partition coefficient (Wildman–Crippen LogP) is 1.76. The van der Waals surface area contributed by atoms with E-state index < -0.39 is 0 Å². The van der Waals surface area contributed by atoms with Gasteiger partial charge in [0.1, 0.15) is 5.82 Å². The summed E-state index contributed by atoms with van der Waals surface area (Å²) in [6, 6.07) is 2.09. The van der Waals surface area contributed by atoms with Crippen LogP contribution < -0.4 is 10.4 Å². The Morgan fingerprint density at radius 3 is 2.11 bits per heavy atom. The van der Waals surface area contributed by atoms with Crippen molar-refractivity contribution in [3.63, 3.8) is 0 Å². The van der Waals surface area contributed by atoms with Crippen molar-refractivity contribution in [1.29, 1.82) is 0 Å². The van der Waals surface area contributed by atoms with Crippen molar-refractivity contribution in [2.75, 3.05) is 19.0 Å². The first-order valence-electron chi connectivity index (χ1n) is 6.63. The molecule has 0 atom stereocenters. The summed E-state index contributed by atoms with van der Waals surface area (Å²) in [7, 11) is 3.59. The topological polar surface area (TPSA) is 34.6 Å². The van der Waals surface area contributed by atoms with E-state index in [0.717, 1.165) is 16.8 Å². The highest BCUT2D eigenvalue weighted by Gasteiger charge is 2.52.